The Morgan fingerprint density at radius 1 is 0.824 bits per heavy atom. The van der Waals surface area contributed by atoms with Gasteiger partial charge in [-0.25, -0.2) is 0 Å². The highest BCUT2D eigenvalue weighted by Gasteiger charge is 2.16. The van der Waals surface area contributed by atoms with Crippen LogP contribution in [0, 0.1) is 5.92 Å². The topological polar surface area (TPSA) is 96.4 Å². The van der Waals surface area contributed by atoms with Crippen LogP contribution in [0.15, 0.2) is 79.1 Å². The Bertz CT molecular complexity index is 972. The number of aliphatic hydroxyl groups is 1. The number of carbonyl (C=O) groups excluding carboxylic acids is 3. The number of nitrogens with one attached hydrogen (secondary N) is 1. The molecule has 34 heavy (non-hydrogen) atoms. The van der Waals surface area contributed by atoms with Crippen LogP contribution < -0.4 is 5.32 Å². The highest BCUT2D eigenvalue weighted by atomic mass is 16.2. The predicted molar refractivity (Wildman–Crippen MR) is 137 cm³/mol. The molecule has 0 saturated carbocycles. The first-order chi connectivity index (χ1) is 16.4. The van der Waals surface area contributed by atoms with Crippen molar-refractivity contribution in [1.29, 1.82) is 0 Å². The molecule has 1 aromatic heterocycles. The molecule has 1 atom stereocenters. The Hall–Kier alpha value is -3.64. The summed E-state index contributed by atoms with van der Waals surface area (Å²) in [7, 11) is 1.00. The molecule has 0 aliphatic rings. The van der Waals surface area contributed by atoms with Crippen LogP contribution in [0.2, 0.25) is 0 Å². The van der Waals surface area contributed by atoms with Gasteiger partial charge in [0.05, 0.1) is 5.92 Å². The molecule has 0 radical (unpaired) electrons. The number of hydrogen-bond donors (Lipinski definition) is 2. The minimum atomic E-state index is -0.577. The highest BCUT2D eigenvalue weighted by Crippen LogP contribution is 2.19. The van der Waals surface area contributed by atoms with E-state index in [-0.39, 0.29) is 17.5 Å². The van der Waals surface area contributed by atoms with Gasteiger partial charge in [0.1, 0.15) is 5.78 Å². The summed E-state index contributed by atoms with van der Waals surface area (Å²) in [6.07, 6.45) is 3.33. The normalized spacial score (nSPS) is 9.97. The van der Waals surface area contributed by atoms with E-state index >= 15 is 0 Å². The van der Waals surface area contributed by atoms with Gasteiger partial charge in [0.25, 0.3) is 0 Å². The summed E-state index contributed by atoms with van der Waals surface area (Å²) in [5.41, 5.74) is 4.04. The first kappa shape index (κ1) is 30.4. The van der Waals surface area contributed by atoms with Crippen LogP contribution in [0.5, 0.6) is 0 Å². The average Bonchev–Trinajstić information content (AvgIpc) is 2.90. The van der Waals surface area contributed by atoms with Gasteiger partial charge < -0.3 is 10.4 Å². The number of aromatic nitrogens is 1. The molecule has 6 heteroatoms. The van der Waals surface area contributed by atoms with E-state index < -0.39 is 5.92 Å². The van der Waals surface area contributed by atoms with Crippen molar-refractivity contribution in [2.75, 3.05) is 7.11 Å². The highest BCUT2D eigenvalue weighted by molar-refractivity contribution is 5.99. The van der Waals surface area contributed by atoms with E-state index in [0.717, 1.165) is 23.8 Å². The summed E-state index contributed by atoms with van der Waals surface area (Å²) in [6.45, 7) is 9.03. The lowest BCUT2D eigenvalue weighted by molar-refractivity contribution is -0.132. The second-order valence-electron chi connectivity index (χ2n) is 6.91. The van der Waals surface area contributed by atoms with Crippen molar-refractivity contribution in [3.05, 3.63) is 90.3 Å². The van der Waals surface area contributed by atoms with Crippen molar-refractivity contribution in [2.45, 2.75) is 41.2 Å². The largest absolute Gasteiger partial charge is 0.400 e. The predicted octanol–water partition coefficient (Wildman–Crippen LogP) is 5.11. The third-order valence-electron chi connectivity index (χ3n) is 4.62. The smallest absolute Gasteiger partial charge is 0.230 e. The Labute approximate surface area is 203 Å². The fourth-order valence-electron chi connectivity index (χ4n) is 2.56. The van der Waals surface area contributed by atoms with Gasteiger partial charge in [0.2, 0.25) is 5.91 Å². The number of aliphatic hydroxyl groups excluding tert-OH is 1. The quantitative estimate of drug-likeness (QED) is 0.390. The van der Waals surface area contributed by atoms with E-state index in [0.29, 0.717) is 6.54 Å². The maximum Gasteiger partial charge on any atom is 0.230 e. The van der Waals surface area contributed by atoms with Crippen LogP contribution in [-0.4, -0.2) is 34.7 Å². The number of amides is 1. The zero-order valence-corrected chi connectivity index (χ0v) is 20.9. The van der Waals surface area contributed by atoms with Crippen LogP contribution in [0.4, 0.5) is 0 Å². The number of Topliss-reactive ketones (excluding diaryl/α,β-unsaturated/α-hetero) is 2. The molecule has 182 valence electrons. The second-order valence-corrected chi connectivity index (χ2v) is 6.91. The molecule has 0 bridgehead atoms. The van der Waals surface area contributed by atoms with Crippen molar-refractivity contribution in [2.24, 2.45) is 5.92 Å². The molecule has 3 rings (SSSR count). The van der Waals surface area contributed by atoms with Gasteiger partial charge in [0.15, 0.2) is 5.78 Å². The third kappa shape index (κ3) is 11.3. The molecule has 0 aliphatic carbocycles. The maximum absolute atomic E-state index is 11.4. The standard InChI is InChI=1S/C14H12O.C11H14N2O2.C2H6.CH4O/c1-11(15)12-7-9-14(10-8-12)13-5-3-2-4-6-13;1-8(9(2)14)11(15)13-7-10-3-5-12-6-4-10;2*1-2/h2-10H,1H3;3-6,8H,7H2,1-2H3,(H,13,15);1-2H3;2H,1H3. The molecule has 0 fully saturated rings. The number of carbonyl (C=O) groups is 3. The molecule has 0 aliphatic heterocycles. The van der Waals surface area contributed by atoms with Gasteiger partial charge in [-0.2, -0.15) is 0 Å². The molecular weight excluding hydrogens is 428 g/mol. The molecule has 1 amide bonds. The van der Waals surface area contributed by atoms with Gasteiger partial charge in [-0.3, -0.25) is 19.4 Å². The van der Waals surface area contributed by atoms with Crippen molar-refractivity contribution in [3.63, 3.8) is 0 Å². The zero-order chi connectivity index (χ0) is 25.9. The van der Waals surface area contributed by atoms with E-state index in [4.69, 9.17) is 5.11 Å². The maximum atomic E-state index is 11.4. The molecule has 1 heterocycles. The summed E-state index contributed by atoms with van der Waals surface area (Å²) in [5, 5.41) is 9.69. The summed E-state index contributed by atoms with van der Waals surface area (Å²) >= 11 is 0. The van der Waals surface area contributed by atoms with Crippen LogP contribution in [0.1, 0.15) is 50.5 Å². The molecule has 2 N–H and O–H groups in total. The van der Waals surface area contributed by atoms with Crippen LogP contribution in [0.3, 0.4) is 0 Å². The van der Waals surface area contributed by atoms with Crippen molar-refractivity contribution in [1.82, 2.24) is 10.3 Å². The number of pyridine rings is 1. The Morgan fingerprint density at radius 3 is 1.79 bits per heavy atom. The van der Waals surface area contributed by atoms with E-state index in [1.807, 2.05) is 68.4 Å². The first-order valence-electron chi connectivity index (χ1n) is 11.2. The molecule has 6 nitrogen and oxygen atoms in total. The molecule has 2 aromatic carbocycles. The van der Waals surface area contributed by atoms with Gasteiger partial charge in [0, 0.05) is 31.6 Å². The monoisotopic (exact) mass is 464 g/mol. The first-order valence-corrected chi connectivity index (χ1v) is 11.2. The Morgan fingerprint density at radius 2 is 1.32 bits per heavy atom. The number of hydrogen-bond acceptors (Lipinski definition) is 5. The number of ketones is 2. The van der Waals surface area contributed by atoms with Crippen LogP contribution >= 0.6 is 0 Å². The van der Waals surface area contributed by atoms with Gasteiger partial charge in [-0.15, -0.1) is 0 Å². The summed E-state index contributed by atoms with van der Waals surface area (Å²) in [5.74, 6) is -0.831. The van der Waals surface area contributed by atoms with Crippen LogP contribution in [0.25, 0.3) is 11.1 Å². The third-order valence-corrected chi connectivity index (χ3v) is 4.62. The SMILES string of the molecule is CC.CC(=O)C(C)C(=O)NCc1ccncc1.CC(=O)c1ccc(-c2ccccc2)cc1.CO. The number of rotatable bonds is 6. The fourth-order valence-corrected chi connectivity index (χ4v) is 2.56. The lowest BCUT2D eigenvalue weighted by Gasteiger charge is -2.08. The van der Waals surface area contributed by atoms with Crippen molar-refractivity contribution < 1.29 is 19.5 Å². The Balaban J connectivity index is 0.000000559. The van der Waals surface area contributed by atoms with Crippen LogP contribution in [-0.2, 0) is 16.1 Å². The fraction of sp³-hybridized carbons (Fsp3) is 0.286. The van der Waals surface area contributed by atoms with Crippen molar-refractivity contribution >= 4 is 17.5 Å². The van der Waals surface area contributed by atoms with E-state index in [1.54, 1.807) is 26.2 Å². The lowest BCUT2D eigenvalue weighted by Crippen LogP contribution is -2.32. The molecule has 1 unspecified atom stereocenters. The molecule has 3 aromatic rings. The van der Waals surface area contributed by atoms with E-state index in [9.17, 15) is 14.4 Å². The van der Waals surface area contributed by atoms with Gasteiger partial charge in [-0.05, 0) is 49.6 Å². The van der Waals surface area contributed by atoms with Gasteiger partial charge >= 0.3 is 0 Å². The summed E-state index contributed by atoms with van der Waals surface area (Å²) in [4.78, 5) is 37.3. The van der Waals surface area contributed by atoms with Crippen molar-refractivity contribution in [3.8, 4) is 11.1 Å². The second kappa shape index (κ2) is 17.9. The zero-order valence-electron chi connectivity index (χ0n) is 20.9. The molecule has 0 saturated heterocycles. The molecular formula is C28H36N2O4. The summed E-state index contributed by atoms with van der Waals surface area (Å²) in [6, 6.07) is 21.5. The van der Waals surface area contributed by atoms with Gasteiger partial charge in [-0.1, -0.05) is 68.4 Å². The number of nitrogens with zero attached hydrogens (tertiary/aromatic N) is 1. The lowest BCUT2D eigenvalue weighted by atomic mass is 10.0. The Kier molecular flexibility index (Phi) is 15.9. The minimum absolute atomic E-state index is 0.106. The summed E-state index contributed by atoms with van der Waals surface area (Å²) < 4.78 is 0. The minimum Gasteiger partial charge on any atom is -0.400 e. The molecule has 0 spiro atoms. The van der Waals surface area contributed by atoms with E-state index in [2.05, 4.69) is 22.4 Å². The average molecular weight is 465 g/mol. The van der Waals surface area contributed by atoms with E-state index in [1.165, 1.54) is 12.5 Å². The number of benzene rings is 2.